The molecule has 1 aliphatic rings. The van der Waals surface area contributed by atoms with Crippen LogP contribution in [-0.4, -0.2) is 31.2 Å². The first-order valence-electron chi connectivity index (χ1n) is 7.64. The van der Waals surface area contributed by atoms with Gasteiger partial charge in [-0.2, -0.15) is 0 Å². The minimum absolute atomic E-state index is 0.0479. The van der Waals surface area contributed by atoms with Gasteiger partial charge in [0.05, 0.1) is 5.54 Å². The molecule has 0 spiro atoms. The first kappa shape index (κ1) is 16.0. The monoisotopic (exact) mass is 290 g/mol. The molecule has 0 radical (unpaired) electrons. The van der Waals surface area contributed by atoms with E-state index in [1.165, 1.54) is 22.3 Å². The zero-order valence-electron chi connectivity index (χ0n) is 13.3. The van der Waals surface area contributed by atoms with Crippen LogP contribution >= 0.6 is 0 Å². The van der Waals surface area contributed by atoms with Gasteiger partial charge >= 0.3 is 0 Å². The number of nitrogens with one attached hydrogen (secondary N) is 1. The van der Waals surface area contributed by atoms with Gasteiger partial charge in [0, 0.05) is 19.8 Å². The van der Waals surface area contributed by atoms with Gasteiger partial charge in [0.25, 0.3) is 0 Å². The van der Waals surface area contributed by atoms with Crippen LogP contribution in [0.2, 0.25) is 0 Å². The van der Waals surface area contributed by atoms with E-state index in [2.05, 4.69) is 38.2 Å². The maximum atomic E-state index is 12.2. The van der Waals surface area contributed by atoms with Gasteiger partial charge in [-0.05, 0) is 56.7 Å². The summed E-state index contributed by atoms with van der Waals surface area (Å²) in [5.41, 5.74) is 10.6. The number of amides is 1. The van der Waals surface area contributed by atoms with Crippen molar-refractivity contribution in [2.75, 3.05) is 19.8 Å². The number of aryl methyl sites for hydroxylation is 3. The normalized spacial score (nSPS) is 17.5. The quantitative estimate of drug-likeness (QED) is 0.888. The summed E-state index contributed by atoms with van der Waals surface area (Å²) >= 11 is 0. The van der Waals surface area contributed by atoms with E-state index < -0.39 is 5.54 Å². The highest BCUT2D eigenvalue weighted by molar-refractivity contribution is 5.86. The lowest BCUT2D eigenvalue weighted by Gasteiger charge is -2.31. The molecule has 1 amide bonds. The summed E-state index contributed by atoms with van der Waals surface area (Å²) < 4.78 is 5.27. The second-order valence-corrected chi connectivity index (χ2v) is 6.15. The third-order valence-electron chi connectivity index (χ3n) is 4.34. The van der Waals surface area contributed by atoms with Crippen LogP contribution in [0.25, 0.3) is 0 Å². The Kier molecular flexibility index (Phi) is 5.01. The molecule has 1 fully saturated rings. The summed E-state index contributed by atoms with van der Waals surface area (Å²) in [6, 6.07) is 4.38. The number of hydrogen-bond donors (Lipinski definition) is 2. The molecule has 0 aliphatic carbocycles. The molecule has 4 heteroatoms. The predicted molar refractivity (Wildman–Crippen MR) is 84.3 cm³/mol. The van der Waals surface area contributed by atoms with Gasteiger partial charge in [0.15, 0.2) is 0 Å². The average molecular weight is 290 g/mol. The molecule has 0 bridgehead atoms. The second-order valence-electron chi connectivity index (χ2n) is 6.15. The highest BCUT2D eigenvalue weighted by Gasteiger charge is 2.35. The number of nitrogens with two attached hydrogens (primary N) is 1. The molecule has 3 N–H and O–H groups in total. The zero-order valence-corrected chi connectivity index (χ0v) is 13.3. The van der Waals surface area contributed by atoms with Gasteiger partial charge < -0.3 is 15.8 Å². The number of carbonyl (C=O) groups excluding carboxylic acids is 1. The summed E-state index contributed by atoms with van der Waals surface area (Å²) in [7, 11) is 0. The van der Waals surface area contributed by atoms with Gasteiger partial charge in [0.2, 0.25) is 5.91 Å². The van der Waals surface area contributed by atoms with Crippen molar-refractivity contribution in [2.24, 2.45) is 5.73 Å². The minimum atomic E-state index is -0.754. The van der Waals surface area contributed by atoms with Crippen molar-refractivity contribution in [3.8, 4) is 0 Å². The van der Waals surface area contributed by atoms with Crippen molar-refractivity contribution >= 4 is 5.91 Å². The van der Waals surface area contributed by atoms with Crippen molar-refractivity contribution in [2.45, 2.75) is 45.6 Å². The lowest BCUT2D eigenvalue weighted by molar-refractivity contribution is -0.129. The summed E-state index contributed by atoms with van der Waals surface area (Å²) in [5.74, 6) is -0.0479. The third-order valence-corrected chi connectivity index (χ3v) is 4.34. The molecule has 0 atom stereocenters. The summed E-state index contributed by atoms with van der Waals surface area (Å²) in [6.45, 7) is 8.12. The molecule has 1 aromatic rings. The highest BCUT2D eigenvalue weighted by atomic mass is 16.5. The van der Waals surface area contributed by atoms with E-state index in [-0.39, 0.29) is 5.91 Å². The van der Waals surface area contributed by atoms with Crippen molar-refractivity contribution in [3.05, 3.63) is 34.4 Å². The van der Waals surface area contributed by atoms with Gasteiger partial charge in [-0.25, -0.2) is 0 Å². The van der Waals surface area contributed by atoms with E-state index in [0.29, 0.717) is 32.6 Å². The van der Waals surface area contributed by atoms with Crippen molar-refractivity contribution in [1.82, 2.24) is 5.32 Å². The maximum Gasteiger partial charge on any atom is 0.240 e. The molecule has 4 nitrogen and oxygen atoms in total. The topological polar surface area (TPSA) is 64.4 Å². The van der Waals surface area contributed by atoms with E-state index in [4.69, 9.17) is 10.5 Å². The van der Waals surface area contributed by atoms with Gasteiger partial charge in [-0.15, -0.1) is 0 Å². The molecule has 116 valence electrons. The molecular weight excluding hydrogens is 264 g/mol. The van der Waals surface area contributed by atoms with Crippen LogP contribution in [-0.2, 0) is 16.0 Å². The van der Waals surface area contributed by atoms with E-state index in [1.807, 2.05) is 0 Å². The van der Waals surface area contributed by atoms with Crippen LogP contribution in [0.4, 0.5) is 0 Å². The summed E-state index contributed by atoms with van der Waals surface area (Å²) in [4.78, 5) is 12.2. The average Bonchev–Trinajstić information content (AvgIpc) is 2.42. The highest BCUT2D eigenvalue weighted by Crippen LogP contribution is 2.19. The van der Waals surface area contributed by atoms with Crippen LogP contribution in [0.5, 0.6) is 0 Å². The molecular formula is C17H26N2O2. The summed E-state index contributed by atoms with van der Waals surface area (Å²) in [6.07, 6.45) is 2.04. The number of ether oxygens (including phenoxy) is 1. The van der Waals surface area contributed by atoms with Crippen LogP contribution in [0, 0.1) is 20.8 Å². The molecule has 1 heterocycles. The molecule has 0 unspecified atom stereocenters. The van der Waals surface area contributed by atoms with E-state index >= 15 is 0 Å². The molecule has 0 saturated carbocycles. The van der Waals surface area contributed by atoms with E-state index in [0.717, 1.165) is 6.42 Å². The van der Waals surface area contributed by atoms with E-state index in [1.54, 1.807) is 0 Å². The lowest BCUT2D eigenvalue weighted by atomic mass is 9.90. The van der Waals surface area contributed by atoms with Crippen LogP contribution in [0.3, 0.4) is 0 Å². The Labute approximate surface area is 127 Å². The van der Waals surface area contributed by atoms with Gasteiger partial charge in [-0.3, -0.25) is 4.79 Å². The van der Waals surface area contributed by atoms with Crippen LogP contribution in [0.15, 0.2) is 12.1 Å². The number of benzene rings is 1. The fourth-order valence-corrected chi connectivity index (χ4v) is 3.04. The molecule has 0 aromatic heterocycles. The SMILES string of the molecule is Cc1cc(C)c(CCNC(=O)C2(N)CCOCC2)c(C)c1. The number of rotatable bonds is 4. The van der Waals surface area contributed by atoms with Gasteiger partial charge in [-0.1, -0.05) is 17.7 Å². The fraction of sp³-hybridized carbons (Fsp3) is 0.588. The van der Waals surface area contributed by atoms with E-state index in [9.17, 15) is 4.79 Å². The first-order chi connectivity index (χ1) is 9.92. The Morgan fingerprint density at radius 2 is 1.81 bits per heavy atom. The first-order valence-corrected chi connectivity index (χ1v) is 7.64. The molecule has 21 heavy (non-hydrogen) atoms. The Hall–Kier alpha value is -1.39. The van der Waals surface area contributed by atoms with Crippen molar-refractivity contribution in [1.29, 1.82) is 0 Å². The number of hydrogen-bond acceptors (Lipinski definition) is 3. The molecule has 1 aliphatic heterocycles. The van der Waals surface area contributed by atoms with Crippen molar-refractivity contribution < 1.29 is 9.53 Å². The predicted octanol–water partition coefficient (Wildman–Crippen LogP) is 1.78. The maximum absolute atomic E-state index is 12.2. The summed E-state index contributed by atoms with van der Waals surface area (Å²) in [5, 5.41) is 2.99. The zero-order chi connectivity index (χ0) is 15.5. The van der Waals surface area contributed by atoms with Gasteiger partial charge in [0.1, 0.15) is 0 Å². The Balaban J connectivity index is 1.91. The molecule has 2 rings (SSSR count). The lowest BCUT2D eigenvalue weighted by Crippen LogP contribution is -2.57. The number of carbonyl (C=O) groups is 1. The third kappa shape index (κ3) is 3.83. The fourth-order valence-electron chi connectivity index (χ4n) is 3.04. The van der Waals surface area contributed by atoms with Crippen LogP contribution < -0.4 is 11.1 Å². The standard InChI is InChI=1S/C17H26N2O2/c1-12-10-13(2)15(14(3)11-12)4-7-19-16(20)17(18)5-8-21-9-6-17/h10-11H,4-9,18H2,1-3H3,(H,19,20). The molecule has 1 aromatic carbocycles. The Morgan fingerprint density at radius 3 is 2.38 bits per heavy atom. The minimum Gasteiger partial charge on any atom is -0.381 e. The smallest absolute Gasteiger partial charge is 0.240 e. The van der Waals surface area contributed by atoms with Crippen LogP contribution in [0.1, 0.15) is 35.1 Å². The second kappa shape index (κ2) is 6.58. The largest absolute Gasteiger partial charge is 0.381 e. The molecule has 1 saturated heterocycles. The Morgan fingerprint density at radius 1 is 1.24 bits per heavy atom. The Bertz CT molecular complexity index is 497. The van der Waals surface area contributed by atoms with Crippen molar-refractivity contribution in [3.63, 3.8) is 0 Å².